The number of benzene rings is 2. The van der Waals surface area contributed by atoms with Gasteiger partial charge in [0, 0.05) is 37.0 Å². The van der Waals surface area contributed by atoms with E-state index in [4.69, 9.17) is 16.3 Å². The maximum atomic E-state index is 13.1. The van der Waals surface area contributed by atoms with Crippen LogP contribution in [0.3, 0.4) is 0 Å². The van der Waals surface area contributed by atoms with E-state index in [1.165, 1.54) is 12.1 Å². The van der Waals surface area contributed by atoms with Crippen molar-refractivity contribution in [3.05, 3.63) is 64.4 Å². The van der Waals surface area contributed by atoms with Crippen molar-refractivity contribution >= 4 is 23.4 Å². The molecule has 0 radical (unpaired) electrons. The number of aromatic nitrogens is 4. The Morgan fingerprint density at radius 3 is 2.85 bits per heavy atom. The largest absolute Gasteiger partial charge is 0.489 e. The van der Waals surface area contributed by atoms with Gasteiger partial charge >= 0.3 is 0 Å². The molecule has 0 bridgehead atoms. The number of nitrogens with zero attached hydrogens (tertiary/aromatic N) is 4. The zero-order chi connectivity index (χ0) is 19.1. The van der Waals surface area contributed by atoms with Crippen LogP contribution in [-0.2, 0) is 20.2 Å². The van der Waals surface area contributed by atoms with Crippen molar-refractivity contribution in [2.45, 2.75) is 18.3 Å². The molecule has 1 aromatic heterocycles. The molecule has 0 saturated heterocycles. The summed E-state index contributed by atoms with van der Waals surface area (Å²) in [4.78, 5) is 0. The molecule has 0 fully saturated rings. The SMILES string of the molecule is Cn1nnnc1SCCNCc1ccccc1OCc1ccc(F)cc1Cl. The second-order valence-electron chi connectivity index (χ2n) is 5.74. The summed E-state index contributed by atoms with van der Waals surface area (Å²) in [5, 5.41) is 15.9. The minimum Gasteiger partial charge on any atom is -0.489 e. The summed E-state index contributed by atoms with van der Waals surface area (Å²) in [6.07, 6.45) is 0. The van der Waals surface area contributed by atoms with Gasteiger partial charge in [0.2, 0.25) is 5.16 Å². The lowest BCUT2D eigenvalue weighted by Gasteiger charge is -2.13. The first-order valence-corrected chi connectivity index (χ1v) is 9.70. The predicted octanol–water partition coefficient (Wildman–Crippen LogP) is 3.46. The van der Waals surface area contributed by atoms with Gasteiger partial charge in [-0.25, -0.2) is 9.07 Å². The van der Waals surface area contributed by atoms with Gasteiger partial charge < -0.3 is 10.1 Å². The van der Waals surface area contributed by atoms with E-state index >= 15 is 0 Å². The van der Waals surface area contributed by atoms with Gasteiger partial charge in [-0.3, -0.25) is 0 Å². The van der Waals surface area contributed by atoms with Crippen molar-refractivity contribution in [3.8, 4) is 5.75 Å². The number of nitrogens with one attached hydrogen (secondary N) is 1. The maximum Gasteiger partial charge on any atom is 0.209 e. The van der Waals surface area contributed by atoms with Crippen molar-refractivity contribution in [2.75, 3.05) is 12.3 Å². The zero-order valence-corrected chi connectivity index (χ0v) is 16.3. The Hall–Kier alpha value is -2.16. The van der Waals surface area contributed by atoms with Crippen LogP contribution < -0.4 is 10.1 Å². The van der Waals surface area contributed by atoms with Crippen molar-refractivity contribution < 1.29 is 9.13 Å². The molecule has 1 heterocycles. The lowest BCUT2D eigenvalue weighted by Crippen LogP contribution is -2.17. The summed E-state index contributed by atoms with van der Waals surface area (Å²) >= 11 is 7.65. The highest BCUT2D eigenvalue weighted by Gasteiger charge is 2.07. The first-order chi connectivity index (χ1) is 13.1. The highest BCUT2D eigenvalue weighted by atomic mass is 35.5. The van der Waals surface area contributed by atoms with Crippen LogP contribution >= 0.6 is 23.4 Å². The first kappa shape index (κ1) is 19.6. The molecule has 0 unspecified atom stereocenters. The zero-order valence-electron chi connectivity index (χ0n) is 14.7. The molecule has 0 aliphatic carbocycles. The summed E-state index contributed by atoms with van der Waals surface area (Å²) in [6.45, 7) is 1.76. The van der Waals surface area contributed by atoms with Gasteiger partial charge in [-0.1, -0.05) is 47.6 Å². The van der Waals surface area contributed by atoms with E-state index in [1.54, 1.807) is 22.5 Å². The van der Waals surface area contributed by atoms with Gasteiger partial charge in [0.15, 0.2) is 0 Å². The number of hydrogen-bond donors (Lipinski definition) is 1. The Kier molecular flexibility index (Phi) is 7.03. The molecule has 3 aromatic rings. The van der Waals surface area contributed by atoms with E-state index in [0.717, 1.165) is 34.3 Å². The van der Waals surface area contributed by atoms with Crippen LogP contribution in [0.2, 0.25) is 5.02 Å². The third-order valence-electron chi connectivity index (χ3n) is 3.78. The van der Waals surface area contributed by atoms with Gasteiger partial charge in [0.25, 0.3) is 0 Å². The fraction of sp³-hybridized carbons (Fsp3) is 0.278. The molecule has 142 valence electrons. The first-order valence-electron chi connectivity index (χ1n) is 8.34. The van der Waals surface area contributed by atoms with E-state index in [1.807, 2.05) is 31.3 Å². The smallest absolute Gasteiger partial charge is 0.209 e. The van der Waals surface area contributed by atoms with Crippen molar-refractivity contribution in [1.29, 1.82) is 0 Å². The van der Waals surface area contributed by atoms with Gasteiger partial charge in [0.05, 0.1) is 5.02 Å². The third-order valence-corrected chi connectivity index (χ3v) is 5.14. The number of para-hydroxylation sites is 1. The molecular weight excluding hydrogens is 389 g/mol. The third kappa shape index (κ3) is 5.66. The van der Waals surface area contributed by atoms with E-state index in [0.29, 0.717) is 11.6 Å². The molecular formula is C18H19ClFN5OS. The molecule has 3 rings (SSSR count). The molecule has 2 aromatic carbocycles. The second kappa shape index (κ2) is 9.68. The van der Waals surface area contributed by atoms with Crippen LogP contribution in [0.15, 0.2) is 47.6 Å². The lowest BCUT2D eigenvalue weighted by molar-refractivity contribution is 0.302. The Balaban J connectivity index is 1.49. The normalized spacial score (nSPS) is 10.9. The Morgan fingerprint density at radius 1 is 1.22 bits per heavy atom. The molecule has 0 aliphatic rings. The molecule has 0 amide bonds. The van der Waals surface area contributed by atoms with Crippen molar-refractivity contribution in [1.82, 2.24) is 25.5 Å². The highest BCUT2D eigenvalue weighted by Crippen LogP contribution is 2.22. The maximum absolute atomic E-state index is 13.1. The summed E-state index contributed by atoms with van der Waals surface area (Å²) in [6, 6.07) is 12.1. The van der Waals surface area contributed by atoms with Gasteiger partial charge in [0.1, 0.15) is 18.2 Å². The summed E-state index contributed by atoms with van der Waals surface area (Å²) < 4.78 is 20.7. The number of aryl methyl sites for hydroxylation is 1. The highest BCUT2D eigenvalue weighted by molar-refractivity contribution is 7.99. The van der Waals surface area contributed by atoms with Crippen LogP contribution in [-0.4, -0.2) is 32.5 Å². The van der Waals surface area contributed by atoms with Crippen LogP contribution in [0.1, 0.15) is 11.1 Å². The standard InChI is InChI=1S/C18H19ClFN5OS/c1-25-18(22-23-24-25)27-9-8-21-11-13-4-2-3-5-17(13)26-12-14-6-7-15(20)10-16(14)19/h2-7,10,21H,8-9,11-12H2,1H3. The van der Waals surface area contributed by atoms with Crippen molar-refractivity contribution in [3.63, 3.8) is 0 Å². The number of hydrogen-bond acceptors (Lipinski definition) is 6. The quantitative estimate of drug-likeness (QED) is 0.433. The number of thioether (sulfide) groups is 1. The van der Waals surface area contributed by atoms with Gasteiger partial charge in [-0.15, -0.1) is 5.10 Å². The Morgan fingerprint density at radius 2 is 2.07 bits per heavy atom. The number of tetrazole rings is 1. The molecule has 0 saturated carbocycles. The lowest BCUT2D eigenvalue weighted by atomic mass is 10.2. The van der Waals surface area contributed by atoms with Gasteiger partial charge in [-0.05, 0) is 28.6 Å². The summed E-state index contributed by atoms with van der Waals surface area (Å²) in [7, 11) is 1.82. The predicted molar refractivity (Wildman–Crippen MR) is 103 cm³/mol. The molecule has 9 heteroatoms. The number of halogens is 2. The Labute approximate surface area is 166 Å². The Bertz CT molecular complexity index is 892. The van der Waals surface area contributed by atoms with Crippen molar-refractivity contribution in [2.24, 2.45) is 7.05 Å². The fourth-order valence-corrected chi connectivity index (χ4v) is 3.33. The monoisotopic (exact) mass is 407 g/mol. The van der Waals surface area contributed by atoms with Crippen LogP contribution in [0, 0.1) is 5.82 Å². The van der Waals surface area contributed by atoms with E-state index in [-0.39, 0.29) is 12.4 Å². The minimum absolute atomic E-state index is 0.283. The minimum atomic E-state index is -0.358. The topological polar surface area (TPSA) is 64.9 Å². The molecule has 6 nitrogen and oxygen atoms in total. The van der Waals surface area contributed by atoms with Gasteiger partial charge in [-0.2, -0.15) is 0 Å². The molecule has 0 atom stereocenters. The molecule has 0 aliphatic heterocycles. The van der Waals surface area contributed by atoms with Crippen LogP contribution in [0.5, 0.6) is 5.75 Å². The average Bonchev–Trinajstić information content (AvgIpc) is 3.06. The fourth-order valence-electron chi connectivity index (χ4n) is 2.37. The summed E-state index contributed by atoms with van der Waals surface area (Å²) in [5.41, 5.74) is 1.79. The van der Waals surface area contributed by atoms with E-state index in [2.05, 4.69) is 20.8 Å². The van der Waals surface area contributed by atoms with E-state index in [9.17, 15) is 4.39 Å². The summed E-state index contributed by atoms with van der Waals surface area (Å²) in [5.74, 6) is 1.27. The molecule has 27 heavy (non-hydrogen) atoms. The number of ether oxygens (including phenoxy) is 1. The van der Waals surface area contributed by atoms with Crippen LogP contribution in [0.25, 0.3) is 0 Å². The molecule has 0 spiro atoms. The number of rotatable bonds is 9. The molecule has 1 N–H and O–H groups in total. The van der Waals surface area contributed by atoms with Crippen LogP contribution in [0.4, 0.5) is 4.39 Å². The van der Waals surface area contributed by atoms with E-state index < -0.39 is 0 Å². The average molecular weight is 408 g/mol. The second-order valence-corrected chi connectivity index (χ2v) is 7.21.